The Bertz CT molecular complexity index is 1070. The Hall–Kier alpha value is -3.13. The highest BCUT2D eigenvalue weighted by atomic mass is 32.1. The van der Waals surface area contributed by atoms with E-state index < -0.39 is 6.04 Å². The van der Waals surface area contributed by atoms with Gasteiger partial charge in [0.1, 0.15) is 6.04 Å². The molecule has 2 amide bonds. The molecular formula is C24H27N5O2S. The van der Waals surface area contributed by atoms with Crippen molar-refractivity contribution in [2.24, 2.45) is 0 Å². The standard InChI is InChI=1S/C24H27N5O2S/c1-16-7-6-10-21(17(16)2)29(24(31)20-15-32-28-27-20)22(18-11-13-25-14-12-18)23(30)26-19-8-4-3-5-9-19/h6-7,10-15,19,22H,3-5,8-9H2,1-2H3,(H,26,30)/t22-/m1/s1. The van der Waals surface area contributed by atoms with Crippen molar-refractivity contribution in [3.05, 3.63) is 70.5 Å². The van der Waals surface area contributed by atoms with Crippen molar-refractivity contribution < 1.29 is 9.59 Å². The first-order chi connectivity index (χ1) is 15.6. The van der Waals surface area contributed by atoms with Crippen LogP contribution in [-0.2, 0) is 4.79 Å². The van der Waals surface area contributed by atoms with Crippen LogP contribution in [0.1, 0.15) is 65.3 Å². The summed E-state index contributed by atoms with van der Waals surface area (Å²) in [4.78, 5) is 33.1. The lowest BCUT2D eigenvalue weighted by atomic mass is 9.94. The van der Waals surface area contributed by atoms with Crippen LogP contribution < -0.4 is 10.2 Å². The molecule has 1 aromatic carbocycles. The van der Waals surface area contributed by atoms with E-state index in [-0.39, 0.29) is 23.6 Å². The summed E-state index contributed by atoms with van der Waals surface area (Å²) in [6.45, 7) is 3.96. The molecule has 1 aliphatic carbocycles. The third kappa shape index (κ3) is 4.70. The Morgan fingerprint density at radius 2 is 1.84 bits per heavy atom. The number of carbonyl (C=O) groups is 2. The Morgan fingerprint density at radius 1 is 1.09 bits per heavy atom. The number of benzene rings is 1. The van der Waals surface area contributed by atoms with E-state index in [0.717, 1.165) is 48.3 Å². The highest BCUT2D eigenvalue weighted by Gasteiger charge is 2.36. The van der Waals surface area contributed by atoms with Gasteiger partial charge in [-0.05, 0) is 73.1 Å². The minimum absolute atomic E-state index is 0.122. The number of hydrogen-bond acceptors (Lipinski definition) is 6. The molecule has 2 aromatic heterocycles. The van der Waals surface area contributed by atoms with E-state index in [4.69, 9.17) is 0 Å². The second kappa shape index (κ2) is 9.99. The summed E-state index contributed by atoms with van der Waals surface area (Å²) >= 11 is 1.11. The summed E-state index contributed by atoms with van der Waals surface area (Å²) in [7, 11) is 0. The molecule has 4 rings (SSSR count). The van der Waals surface area contributed by atoms with Gasteiger partial charge in [0.2, 0.25) is 5.91 Å². The second-order valence-corrected chi connectivity index (χ2v) is 8.82. The van der Waals surface area contributed by atoms with Gasteiger partial charge in [-0.15, -0.1) is 5.10 Å². The van der Waals surface area contributed by atoms with E-state index in [1.165, 1.54) is 6.42 Å². The first-order valence-electron chi connectivity index (χ1n) is 10.9. The number of carbonyl (C=O) groups excluding carboxylic acids is 2. The molecule has 7 nitrogen and oxygen atoms in total. The topological polar surface area (TPSA) is 88.1 Å². The molecule has 0 spiro atoms. The molecule has 0 saturated heterocycles. The fraction of sp³-hybridized carbons (Fsp3) is 0.375. The summed E-state index contributed by atoms with van der Waals surface area (Å²) in [6, 6.07) is 8.62. The fourth-order valence-corrected chi connectivity index (χ4v) is 4.66. The third-order valence-corrected chi connectivity index (χ3v) is 6.62. The highest BCUT2D eigenvalue weighted by Crippen LogP contribution is 2.33. The maximum atomic E-state index is 13.7. The van der Waals surface area contributed by atoms with E-state index in [1.807, 2.05) is 32.0 Å². The zero-order valence-electron chi connectivity index (χ0n) is 18.3. The number of aromatic nitrogens is 3. The monoisotopic (exact) mass is 449 g/mol. The van der Waals surface area contributed by atoms with Crippen LogP contribution in [0.5, 0.6) is 0 Å². The van der Waals surface area contributed by atoms with Gasteiger partial charge in [-0.2, -0.15) is 0 Å². The molecule has 1 fully saturated rings. The lowest BCUT2D eigenvalue weighted by Crippen LogP contribution is -2.47. The maximum Gasteiger partial charge on any atom is 0.280 e. The lowest BCUT2D eigenvalue weighted by Gasteiger charge is -2.34. The van der Waals surface area contributed by atoms with Gasteiger partial charge in [-0.25, -0.2) is 0 Å². The van der Waals surface area contributed by atoms with Crippen molar-refractivity contribution >= 4 is 29.0 Å². The van der Waals surface area contributed by atoms with E-state index in [2.05, 4.69) is 19.9 Å². The molecule has 3 aromatic rings. The van der Waals surface area contributed by atoms with Crippen molar-refractivity contribution in [1.82, 2.24) is 19.9 Å². The number of hydrogen-bond donors (Lipinski definition) is 1. The number of rotatable bonds is 6. The molecule has 2 heterocycles. The number of pyridine rings is 1. The average molecular weight is 450 g/mol. The maximum absolute atomic E-state index is 13.7. The third-order valence-electron chi connectivity index (χ3n) is 6.11. The Kier molecular flexibility index (Phi) is 6.90. The van der Waals surface area contributed by atoms with Crippen molar-refractivity contribution in [1.29, 1.82) is 0 Å². The molecular weight excluding hydrogens is 422 g/mol. The van der Waals surface area contributed by atoms with Gasteiger partial charge in [0, 0.05) is 29.5 Å². The predicted molar refractivity (Wildman–Crippen MR) is 125 cm³/mol. The fourth-order valence-electron chi connectivity index (χ4n) is 4.23. The van der Waals surface area contributed by atoms with Crippen LogP contribution in [0.2, 0.25) is 0 Å². The van der Waals surface area contributed by atoms with Crippen LogP contribution in [0.15, 0.2) is 48.1 Å². The SMILES string of the molecule is Cc1cccc(N(C(=O)c2csnn2)[C@@H](C(=O)NC2CCCCC2)c2ccncc2)c1C. The summed E-state index contributed by atoms with van der Waals surface area (Å²) in [6.07, 6.45) is 8.62. The number of anilines is 1. The number of nitrogens with zero attached hydrogens (tertiary/aromatic N) is 4. The molecule has 0 radical (unpaired) electrons. The normalized spacial score (nSPS) is 15.2. The highest BCUT2D eigenvalue weighted by molar-refractivity contribution is 7.03. The lowest BCUT2D eigenvalue weighted by molar-refractivity contribution is -0.123. The van der Waals surface area contributed by atoms with E-state index in [1.54, 1.807) is 34.8 Å². The van der Waals surface area contributed by atoms with Crippen molar-refractivity contribution in [2.45, 2.75) is 58.0 Å². The van der Waals surface area contributed by atoms with Crippen LogP contribution in [0.25, 0.3) is 0 Å². The molecule has 0 unspecified atom stereocenters. The van der Waals surface area contributed by atoms with Crippen LogP contribution in [0, 0.1) is 13.8 Å². The van der Waals surface area contributed by atoms with Gasteiger partial charge in [-0.3, -0.25) is 19.5 Å². The Morgan fingerprint density at radius 3 is 2.53 bits per heavy atom. The second-order valence-electron chi connectivity index (χ2n) is 8.21. The summed E-state index contributed by atoms with van der Waals surface area (Å²) in [5, 5.41) is 8.83. The van der Waals surface area contributed by atoms with Crippen LogP contribution in [-0.4, -0.2) is 32.4 Å². The molecule has 32 heavy (non-hydrogen) atoms. The Labute approximate surface area is 192 Å². The van der Waals surface area contributed by atoms with E-state index in [9.17, 15) is 9.59 Å². The van der Waals surface area contributed by atoms with Gasteiger partial charge in [0.05, 0.1) is 0 Å². The first kappa shape index (κ1) is 22.1. The van der Waals surface area contributed by atoms with Crippen LogP contribution in [0.3, 0.4) is 0 Å². The van der Waals surface area contributed by atoms with Crippen molar-refractivity contribution in [3.63, 3.8) is 0 Å². The van der Waals surface area contributed by atoms with E-state index >= 15 is 0 Å². The molecule has 166 valence electrons. The predicted octanol–water partition coefficient (Wildman–Crippen LogP) is 4.39. The molecule has 8 heteroatoms. The van der Waals surface area contributed by atoms with Gasteiger partial charge in [0.15, 0.2) is 5.69 Å². The van der Waals surface area contributed by atoms with E-state index in [0.29, 0.717) is 11.3 Å². The zero-order valence-corrected chi connectivity index (χ0v) is 19.1. The van der Waals surface area contributed by atoms with Gasteiger partial charge in [-0.1, -0.05) is 35.9 Å². The zero-order chi connectivity index (χ0) is 22.5. The number of aryl methyl sites for hydroxylation is 1. The minimum atomic E-state index is -0.852. The molecule has 1 saturated carbocycles. The quantitative estimate of drug-likeness (QED) is 0.603. The van der Waals surface area contributed by atoms with Gasteiger partial charge in [0.25, 0.3) is 5.91 Å². The van der Waals surface area contributed by atoms with Gasteiger partial charge >= 0.3 is 0 Å². The van der Waals surface area contributed by atoms with Crippen molar-refractivity contribution in [3.8, 4) is 0 Å². The summed E-state index contributed by atoms with van der Waals surface area (Å²) in [5.74, 6) is -0.548. The minimum Gasteiger partial charge on any atom is -0.351 e. The summed E-state index contributed by atoms with van der Waals surface area (Å²) in [5.41, 5.74) is 3.58. The van der Waals surface area contributed by atoms with Crippen LogP contribution >= 0.6 is 11.5 Å². The molecule has 0 aliphatic heterocycles. The molecule has 1 aliphatic rings. The Balaban J connectivity index is 1.81. The molecule has 1 N–H and O–H groups in total. The average Bonchev–Trinajstić information content (AvgIpc) is 3.35. The van der Waals surface area contributed by atoms with Crippen LogP contribution in [0.4, 0.5) is 5.69 Å². The number of nitrogens with one attached hydrogen (secondary N) is 1. The summed E-state index contributed by atoms with van der Waals surface area (Å²) < 4.78 is 3.86. The molecule has 0 bridgehead atoms. The van der Waals surface area contributed by atoms with Crippen molar-refractivity contribution in [2.75, 3.05) is 4.90 Å². The first-order valence-corrected chi connectivity index (χ1v) is 11.8. The smallest absolute Gasteiger partial charge is 0.280 e. The molecule has 1 atom stereocenters. The largest absolute Gasteiger partial charge is 0.351 e. The van der Waals surface area contributed by atoms with Gasteiger partial charge < -0.3 is 5.32 Å². The number of amides is 2.